The summed E-state index contributed by atoms with van der Waals surface area (Å²) in [6.07, 6.45) is 0.928. The average Bonchev–Trinajstić information content (AvgIpc) is 3.14. The fourth-order valence-electron chi connectivity index (χ4n) is 2.82. The molecule has 0 aliphatic heterocycles. The van der Waals surface area contributed by atoms with Crippen LogP contribution in [0.15, 0.2) is 47.8 Å². The number of hydrogen-bond acceptors (Lipinski definition) is 5. The van der Waals surface area contributed by atoms with Gasteiger partial charge in [-0.1, -0.05) is 29.8 Å². The van der Waals surface area contributed by atoms with E-state index in [1.54, 1.807) is 25.6 Å². The van der Waals surface area contributed by atoms with Gasteiger partial charge in [0.05, 0.1) is 19.9 Å². The van der Waals surface area contributed by atoms with E-state index in [0.717, 1.165) is 47.3 Å². The standard InChI is InChI=1S/C21H24N2O2S/c1-15-7-8-20(25-3)16(11-15)9-10-22-13-18-14-26-21(23-18)17-5-4-6-19(12-17)24-2/h4-8,11-12,14,22H,9-10,13H2,1-3H3. The van der Waals surface area contributed by atoms with E-state index in [1.165, 1.54) is 11.1 Å². The normalized spacial score (nSPS) is 10.7. The summed E-state index contributed by atoms with van der Waals surface area (Å²) in [5, 5.41) is 6.59. The minimum Gasteiger partial charge on any atom is -0.497 e. The lowest BCUT2D eigenvalue weighted by Crippen LogP contribution is -2.17. The molecule has 2 aromatic carbocycles. The largest absolute Gasteiger partial charge is 0.497 e. The van der Waals surface area contributed by atoms with Crippen LogP contribution in [0.25, 0.3) is 10.6 Å². The van der Waals surface area contributed by atoms with E-state index in [4.69, 9.17) is 14.5 Å². The van der Waals surface area contributed by atoms with Crippen molar-refractivity contribution in [2.45, 2.75) is 19.9 Å². The van der Waals surface area contributed by atoms with Crippen molar-refractivity contribution in [1.82, 2.24) is 10.3 Å². The summed E-state index contributed by atoms with van der Waals surface area (Å²) in [5.41, 5.74) is 4.63. The Balaban J connectivity index is 1.55. The Morgan fingerprint density at radius 3 is 2.77 bits per heavy atom. The van der Waals surface area contributed by atoms with Crippen molar-refractivity contribution in [2.24, 2.45) is 0 Å². The number of nitrogens with zero attached hydrogens (tertiary/aromatic N) is 1. The minimum absolute atomic E-state index is 0.759. The molecule has 0 amide bonds. The minimum atomic E-state index is 0.759. The average molecular weight is 369 g/mol. The Hall–Kier alpha value is -2.37. The predicted octanol–water partition coefficient (Wildman–Crippen LogP) is 4.47. The predicted molar refractivity (Wildman–Crippen MR) is 107 cm³/mol. The zero-order chi connectivity index (χ0) is 18.4. The molecule has 1 N–H and O–H groups in total. The van der Waals surface area contributed by atoms with Gasteiger partial charge in [-0.3, -0.25) is 0 Å². The molecule has 0 radical (unpaired) electrons. The third-order valence-corrected chi connectivity index (χ3v) is 5.12. The summed E-state index contributed by atoms with van der Waals surface area (Å²) in [4.78, 5) is 4.72. The highest BCUT2D eigenvalue weighted by Crippen LogP contribution is 2.26. The van der Waals surface area contributed by atoms with Gasteiger partial charge in [-0.15, -0.1) is 11.3 Å². The molecule has 1 heterocycles. The fourth-order valence-corrected chi connectivity index (χ4v) is 3.64. The van der Waals surface area contributed by atoms with Gasteiger partial charge >= 0.3 is 0 Å². The first-order chi connectivity index (χ1) is 12.7. The number of rotatable bonds is 8. The van der Waals surface area contributed by atoms with Crippen molar-refractivity contribution in [1.29, 1.82) is 0 Å². The van der Waals surface area contributed by atoms with Crippen LogP contribution in [0.1, 0.15) is 16.8 Å². The van der Waals surface area contributed by atoms with Gasteiger partial charge in [0, 0.05) is 17.5 Å². The van der Waals surface area contributed by atoms with Crippen molar-refractivity contribution in [3.8, 4) is 22.1 Å². The number of hydrogen-bond donors (Lipinski definition) is 1. The van der Waals surface area contributed by atoms with Crippen molar-refractivity contribution in [3.63, 3.8) is 0 Å². The molecule has 26 heavy (non-hydrogen) atoms. The van der Waals surface area contributed by atoms with E-state index >= 15 is 0 Å². The first-order valence-electron chi connectivity index (χ1n) is 8.62. The summed E-state index contributed by atoms with van der Waals surface area (Å²) >= 11 is 1.66. The van der Waals surface area contributed by atoms with Crippen LogP contribution in [0.3, 0.4) is 0 Å². The van der Waals surface area contributed by atoms with Gasteiger partial charge in [-0.2, -0.15) is 0 Å². The molecular formula is C21H24N2O2S. The maximum Gasteiger partial charge on any atom is 0.123 e. The SMILES string of the molecule is COc1cccc(-c2nc(CNCCc3cc(C)ccc3OC)cs2)c1. The summed E-state index contributed by atoms with van der Waals surface area (Å²) in [5.74, 6) is 1.80. The van der Waals surface area contributed by atoms with Gasteiger partial charge in [0.2, 0.25) is 0 Å². The summed E-state index contributed by atoms with van der Waals surface area (Å²) in [7, 11) is 3.40. The summed E-state index contributed by atoms with van der Waals surface area (Å²) in [6.45, 7) is 3.74. The molecule has 0 saturated heterocycles. The second-order valence-corrected chi connectivity index (χ2v) is 6.98. The van der Waals surface area contributed by atoms with Gasteiger partial charge in [0.15, 0.2) is 0 Å². The number of aromatic nitrogens is 1. The Morgan fingerprint density at radius 2 is 1.96 bits per heavy atom. The highest BCUT2D eigenvalue weighted by Gasteiger charge is 2.07. The Kier molecular flexibility index (Phi) is 6.26. The van der Waals surface area contributed by atoms with Gasteiger partial charge in [-0.25, -0.2) is 4.98 Å². The van der Waals surface area contributed by atoms with Crippen LogP contribution in [0.4, 0.5) is 0 Å². The highest BCUT2D eigenvalue weighted by atomic mass is 32.1. The monoisotopic (exact) mass is 368 g/mol. The fraction of sp³-hybridized carbons (Fsp3) is 0.286. The third-order valence-electron chi connectivity index (χ3n) is 4.18. The van der Waals surface area contributed by atoms with Crippen molar-refractivity contribution in [2.75, 3.05) is 20.8 Å². The molecule has 0 aliphatic carbocycles. The van der Waals surface area contributed by atoms with Crippen molar-refractivity contribution in [3.05, 3.63) is 64.7 Å². The van der Waals surface area contributed by atoms with E-state index in [0.29, 0.717) is 0 Å². The van der Waals surface area contributed by atoms with E-state index in [1.807, 2.05) is 24.3 Å². The maximum absolute atomic E-state index is 5.44. The van der Waals surface area contributed by atoms with Gasteiger partial charge in [-0.05, 0) is 43.7 Å². The van der Waals surface area contributed by atoms with Crippen LogP contribution in [0.5, 0.6) is 11.5 Å². The molecule has 0 bridgehead atoms. The van der Waals surface area contributed by atoms with Crippen LogP contribution >= 0.6 is 11.3 Å². The lowest BCUT2D eigenvalue weighted by atomic mass is 10.1. The van der Waals surface area contributed by atoms with Gasteiger partial charge < -0.3 is 14.8 Å². The molecule has 0 spiro atoms. The van der Waals surface area contributed by atoms with E-state index < -0.39 is 0 Å². The smallest absolute Gasteiger partial charge is 0.123 e. The molecule has 3 aromatic rings. The Bertz CT molecular complexity index is 861. The van der Waals surface area contributed by atoms with Gasteiger partial charge in [0.25, 0.3) is 0 Å². The van der Waals surface area contributed by atoms with E-state index in [9.17, 15) is 0 Å². The zero-order valence-corrected chi connectivity index (χ0v) is 16.2. The zero-order valence-electron chi connectivity index (χ0n) is 15.4. The highest BCUT2D eigenvalue weighted by molar-refractivity contribution is 7.13. The number of ether oxygens (including phenoxy) is 2. The molecule has 5 heteroatoms. The summed E-state index contributed by atoms with van der Waals surface area (Å²) in [6, 6.07) is 14.3. The second-order valence-electron chi connectivity index (χ2n) is 6.12. The van der Waals surface area contributed by atoms with E-state index in [2.05, 4.69) is 35.8 Å². The van der Waals surface area contributed by atoms with Crippen molar-refractivity contribution >= 4 is 11.3 Å². The molecule has 1 aromatic heterocycles. The van der Waals surface area contributed by atoms with Crippen LogP contribution in [-0.2, 0) is 13.0 Å². The van der Waals surface area contributed by atoms with E-state index in [-0.39, 0.29) is 0 Å². The second kappa shape index (κ2) is 8.83. The first-order valence-corrected chi connectivity index (χ1v) is 9.50. The molecule has 4 nitrogen and oxygen atoms in total. The lowest BCUT2D eigenvalue weighted by molar-refractivity contribution is 0.409. The number of nitrogens with one attached hydrogen (secondary N) is 1. The van der Waals surface area contributed by atoms with Crippen molar-refractivity contribution < 1.29 is 9.47 Å². The molecule has 136 valence electrons. The number of methoxy groups -OCH3 is 2. The molecule has 0 unspecified atom stereocenters. The third kappa shape index (κ3) is 4.62. The molecular weight excluding hydrogens is 344 g/mol. The number of benzene rings is 2. The molecule has 3 rings (SSSR count). The van der Waals surface area contributed by atoms with Crippen LogP contribution < -0.4 is 14.8 Å². The quantitative estimate of drug-likeness (QED) is 0.596. The molecule has 0 aliphatic rings. The number of thiazole rings is 1. The molecule has 0 fully saturated rings. The number of aryl methyl sites for hydroxylation is 1. The van der Waals surface area contributed by atoms with Crippen LogP contribution in [0.2, 0.25) is 0 Å². The van der Waals surface area contributed by atoms with Gasteiger partial charge in [0.1, 0.15) is 16.5 Å². The maximum atomic E-state index is 5.44. The first kappa shape index (κ1) is 18.4. The molecule has 0 saturated carbocycles. The topological polar surface area (TPSA) is 43.4 Å². The van der Waals surface area contributed by atoms with Crippen LogP contribution in [-0.4, -0.2) is 25.7 Å². The molecule has 0 atom stereocenters. The lowest BCUT2D eigenvalue weighted by Gasteiger charge is -2.09. The van der Waals surface area contributed by atoms with Crippen LogP contribution in [0, 0.1) is 6.92 Å². The Labute approximate surface area is 158 Å². The Morgan fingerprint density at radius 1 is 1.08 bits per heavy atom. The summed E-state index contributed by atoms with van der Waals surface area (Å²) < 4.78 is 10.7.